The van der Waals surface area contributed by atoms with Gasteiger partial charge in [-0.15, -0.1) is 0 Å². The second-order valence-electron chi connectivity index (χ2n) is 5.83. The van der Waals surface area contributed by atoms with Crippen LogP contribution in [0, 0.1) is 0 Å². The molecule has 0 unspecified atom stereocenters. The molecule has 0 aliphatic heterocycles. The molecule has 0 spiro atoms. The van der Waals surface area contributed by atoms with Crippen molar-refractivity contribution in [1.29, 1.82) is 0 Å². The molecular formula is C20H21N3O3. The molecule has 0 radical (unpaired) electrons. The number of hydrogen-bond donors (Lipinski definition) is 2. The van der Waals surface area contributed by atoms with Crippen LogP contribution in [0.1, 0.15) is 28.9 Å². The van der Waals surface area contributed by atoms with Crippen molar-refractivity contribution < 1.29 is 14.3 Å². The summed E-state index contributed by atoms with van der Waals surface area (Å²) in [5.74, 6) is 1.08. The highest BCUT2D eigenvalue weighted by Crippen LogP contribution is 2.30. The highest BCUT2D eigenvalue weighted by Gasteiger charge is 2.18. The van der Waals surface area contributed by atoms with E-state index < -0.39 is 0 Å². The van der Waals surface area contributed by atoms with Crippen LogP contribution in [-0.2, 0) is 0 Å². The van der Waals surface area contributed by atoms with Crippen LogP contribution in [-0.4, -0.2) is 30.3 Å². The first-order valence-electron chi connectivity index (χ1n) is 8.25. The summed E-state index contributed by atoms with van der Waals surface area (Å²) in [4.78, 5) is 12.7. The summed E-state index contributed by atoms with van der Waals surface area (Å²) in [5.41, 5.74) is 3.03. The normalized spacial score (nSPS) is 11.7. The zero-order chi connectivity index (χ0) is 18.5. The van der Waals surface area contributed by atoms with E-state index in [1.165, 1.54) is 0 Å². The van der Waals surface area contributed by atoms with Gasteiger partial charge in [-0.05, 0) is 24.6 Å². The fourth-order valence-electron chi connectivity index (χ4n) is 2.76. The highest BCUT2D eigenvalue weighted by atomic mass is 16.5. The smallest absolute Gasteiger partial charge is 0.255 e. The molecule has 1 amide bonds. The van der Waals surface area contributed by atoms with E-state index >= 15 is 0 Å². The first kappa shape index (κ1) is 17.5. The lowest BCUT2D eigenvalue weighted by molar-refractivity contribution is 0.0940. The molecular weight excluding hydrogens is 330 g/mol. The van der Waals surface area contributed by atoms with E-state index in [2.05, 4.69) is 15.5 Å². The molecule has 26 heavy (non-hydrogen) atoms. The van der Waals surface area contributed by atoms with Crippen molar-refractivity contribution in [2.75, 3.05) is 14.2 Å². The topological polar surface area (TPSA) is 76.2 Å². The van der Waals surface area contributed by atoms with Gasteiger partial charge in [0, 0.05) is 5.56 Å². The number of ether oxygens (including phenoxy) is 2. The van der Waals surface area contributed by atoms with Gasteiger partial charge in [0.05, 0.1) is 37.7 Å². The first-order valence-corrected chi connectivity index (χ1v) is 8.25. The number of rotatable bonds is 6. The first-order chi connectivity index (χ1) is 12.6. The second kappa shape index (κ2) is 7.74. The van der Waals surface area contributed by atoms with Crippen LogP contribution in [0.3, 0.4) is 0 Å². The fraction of sp³-hybridized carbons (Fsp3) is 0.200. The summed E-state index contributed by atoms with van der Waals surface area (Å²) in [5, 5.41) is 9.93. The number of nitrogens with zero attached hydrogens (tertiary/aromatic N) is 1. The molecule has 1 atom stereocenters. The fourth-order valence-corrected chi connectivity index (χ4v) is 2.76. The Hall–Kier alpha value is -3.28. The third-order valence-electron chi connectivity index (χ3n) is 4.20. The van der Waals surface area contributed by atoms with E-state index in [-0.39, 0.29) is 11.9 Å². The van der Waals surface area contributed by atoms with Crippen LogP contribution in [0.15, 0.2) is 54.7 Å². The Kier molecular flexibility index (Phi) is 5.22. The molecule has 6 heteroatoms. The summed E-state index contributed by atoms with van der Waals surface area (Å²) >= 11 is 0. The average molecular weight is 351 g/mol. The standard InChI is InChI=1S/C20H21N3O3/c1-13(15-9-10-17(25-2)18(11-15)26-3)22-20(24)16-12-21-23-19(16)14-7-5-4-6-8-14/h4-13H,1-3H3,(H,21,23)(H,22,24)/t13-/m0/s1. The Morgan fingerprint density at radius 2 is 1.81 bits per heavy atom. The quantitative estimate of drug-likeness (QED) is 0.712. The Morgan fingerprint density at radius 1 is 1.08 bits per heavy atom. The Morgan fingerprint density at radius 3 is 2.50 bits per heavy atom. The van der Waals surface area contributed by atoms with Crippen molar-refractivity contribution in [2.45, 2.75) is 13.0 Å². The lowest BCUT2D eigenvalue weighted by Crippen LogP contribution is -2.26. The number of benzene rings is 2. The largest absolute Gasteiger partial charge is 0.493 e. The molecule has 0 fully saturated rings. The van der Waals surface area contributed by atoms with E-state index in [0.29, 0.717) is 22.8 Å². The predicted octanol–water partition coefficient (Wildman–Crippen LogP) is 3.58. The van der Waals surface area contributed by atoms with Crippen molar-refractivity contribution >= 4 is 5.91 Å². The maximum absolute atomic E-state index is 12.7. The van der Waals surface area contributed by atoms with Gasteiger partial charge >= 0.3 is 0 Å². The van der Waals surface area contributed by atoms with Crippen molar-refractivity contribution in [3.63, 3.8) is 0 Å². The third-order valence-corrected chi connectivity index (χ3v) is 4.20. The van der Waals surface area contributed by atoms with Gasteiger partial charge < -0.3 is 14.8 Å². The summed E-state index contributed by atoms with van der Waals surface area (Å²) in [6.45, 7) is 1.92. The molecule has 3 aromatic rings. The molecule has 134 valence electrons. The van der Waals surface area contributed by atoms with Gasteiger partial charge in [0.2, 0.25) is 0 Å². The van der Waals surface area contributed by atoms with Crippen molar-refractivity contribution in [3.05, 3.63) is 65.9 Å². The van der Waals surface area contributed by atoms with Crippen LogP contribution >= 0.6 is 0 Å². The zero-order valence-electron chi connectivity index (χ0n) is 14.9. The minimum Gasteiger partial charge on any atom is -0.493 e. The van der Waals surface area contributed by atoms with Gasteiger partial charge in [-0.2, -0.15) is 5.10 Å². The summed E-state index contributed by atoms with van der Waals surface area (Å²) in [7, 11) is 3.18. The number of nitrogens with one attached hydrogen (secondary N) is 2. The molecule has 2 aromatic carbocycles. The van der Waals surface area contributed by atoms with Crippen LogP contribution in [0.25, 0.3) is 11.3 Å². The van der Waals surface area contributed by atoms with Gasteiger partial charge in [-0.1, -0.05) is 36.4 Å². The lowest BCUT2D eigenvalue weighted by Gasteiger charge is -2.16. The number of hydrogen-bond acceptors (Lipinski definition) is 4. The molecule has 6 nitrogen and oxygen atoms in total. The van der Waals surface area contributed by atoms with Crippen LogP contribution in [0.2, 0.25) is 0 Å². The Balaban J connectivity index is 1.80. The molecule has 0 saturated heterocycles. The van der Waals surface area contributed by atoms with Crippen molar-refractivity contribution in [3.8, 4) is 22.8 Å². The number of carbonyl (C=O) groups is 1. The molecule has 1 aromatic heterocycles. The lowest BCUT2D eigenvalue weighted by atomic mass is 10.1. The minimum absolute atomic E-state index is 0.195. The van der Waals surface area contributed by atoms with Crippen LogP contribution < -0.4 is 14.8 Å². The second-order valence-corrected chi connectivity index (χ2v) is 5.83. The molecule has 0 aliphatic carbocycles. The number of aromatic nitrogens is 2. The summed E-state index contributed by atoms with van der Waals surface area (Å²) < 4.78 is 10.6. The van der Waals surface area contributed by atoms with Crippen molar-refractivity contribution in [1.82, 2.24) is 15.5 Å². The number of amides is 1. The van der Waals surface area contributed by atoms with Crippen molar-refractivity contribution in [2.24, 2.45) is 0 Å². The number of H-pyrrole nitrogens is 1. The maximum Gasteiger partial charge on any atom is 0.255 e. The SMILES string of the molecule is COc1ccc([C@H](C)NC(=O)c2cn[nH]c2-c2ccccc2)cc1OC. The van der Waals surface area contributed by atoms with Crippen LogP contribution in [0.5, 0.6) is 11.5 Å². The molecule has 0 saturated carbocycles. The Bertz CT molecular complexity index is 890. The monoisotopic (exact) mass is 351 g/mol. The van der Waals surface area contributed by atoms with Gasteiger partial charge in [0.1, 0.15) is 0 Å². The Labute approximate surface area is 152 Å². The van der Waals surface area contributed by atoms with Gasteiger partial charge in [-0.3, -0.25) is 9.89 Å². The summed E-state index contributed by atoms with van der Waals surface area (Å²) in [6.07, 6.45) is 1.54. The summed E-state index contributed by atoms with van der Waals surface area (Å²) in [6, 6.07) is 15.0. The van der Waals surface area contributed by atoms with E-state index in [4.69, 9.17) is 9.47 Å². The predicted molar refractivity (Wildman–Crippen MR) is 99.5 cm³/mol. The number of methoxy groups -OCH3 is 2. The van der Waals surface area contributed by atoms with E-state index in [9.17, 15) is 4.79 Å². The molecule has 0 aliphatic rings. The third kappa shape index (κ3) is 3.54. The molecule has 1 heterocycles. The zero-order valence-corrected chi connectivity index (χ0v) is 14.9. The van der Waals surface area contributed by atoms with Gasteiger partial charge in [-0.25, -0.2) is 0 Å². The van der Waals surface area contributed by atoms with Gasteiger partial charge in [0.15, 0.2) is 11.5 Å². The highest BCUT2D eigenvalue weighted by molar-refractivity contribution is 5.99. The maximum atomic E-state index is 12.7. The molecule has 3 rings (SSSR count). The van der Waals surface area contributed by atoms with Gasteiger partial charge in [0.25, 0.3) is 5.91 Å². The minimum atomic E-state index is -0.208. The number of carbonyl (C=O) groups excluding carboxylic acids is 1. The number of aromatic amines is 1. The molecule has 0 bridgehead atoms. The molecule has 2 N–H and O–H groups in total. The van der Waals surface area contributed by atoms with E-state index in [1.807, 2.05) is 55.5 Å². The average Bonchev–Trinajstić information content (AvgIpc) is 3.18. The van der Waals surface area contributed by atoms with E-state index in [0.717, 1.165) is 11.1 Å². The van der Waals surface area contributed by atoms with Crippen LogP contribution in [0.4, 0.5) is 0 Å². The van der Waals surface area contributed by atoms with E-state index in [1.54, 1.807) is 20.4 Å².